The minimum absolute atomic E-state index is 0.761. The third kappa shape index (κ3) is 6.94. The summed E-state index contributed by atoms with van der Waals surface area (Å²) in [5.74, 6) is 0.904. The van der Waals surface area contributed by atoms with Crippen LogP contribution in [0.3, 0.4) is 0 Å². The molecular formula is C14H31N. The summed E-state index contributed by atoms with van der Waals surface area (Å²) in [5, 5.41) is 3.53. The van der Waals surface area contributed by atoms with Gasteiger partial charge >= 0.3 is 0 Å². The van der Waals surface area contributed by atoms with Gasteiger partial charge in [0.15, 0.2) is 0 Å². The highest BCUT2D eigenvalue weighted by atomic mass is 14.9. The quantitative estimate of drug-likeness (QED) is 0.531. The van der Waals surface area contributed by atoms with Crippen molar-refractivity contribution in [2.24, 2.45) is 5.92 Å². The van der Waals surface area contributed by atoms with Gasteiger partial charge in [-0.2, -0.15) is 0 Å². The lowest BCUT2D eigenvalue weighted by atomic mass is 9.87. The highest BCUT2D eigenvalue weighted by Crippen LogP contribution is 2.21. The van der Waals surface area contributed by atoms with Crippen molar-refractivity contribution in [2.45, 2.75) is 78.2 Å². The van der Waals surface area contributed by atoms with E-state index in [1.165, 1.54) is 51.4 Å². The Kier molecular flexibility index (Phi) is 10.4. The van der Waals surface area contributed by atoms with Crippen molar-refractivity contribution in [3.63, 3.8) is 0 Å². The molecule has 0 aromatic carbocycles. The molecule has 0 spiro atoms. The molecule has 0 aliphatic carbocycles. The zero-order valence-corrected chi connectivity index (χ0v) is 11.3. The molecule has 1 nitrogen and oxygen atoms in total. The first-order chi connectivity index (χ1) is 7.29. The normalized spacial score (nSPS) is 13.4. The smallest absolute Gasteiger partial charge is 0.00923 e. The van der Waals surface area contributed by atoms with Crippen molar-refractivity contribution in [3.05, 3.63) is 0 Å². The summed E-state index contributed by atoms with van der Waals surface area (Å²) < 4.78 is 0. The topological polar surface area (TPSA) is 12.0 Å². The Morgan fingerprint density at radius 1 is 0.800 bits per heavy atom. The number of rotatable bonds is 10. The minimum atomic E-state index is 0.761. The molecule has 1 N–H and O–H groups in total. The van der Waals surface area contributed by atoms with Crippen LogP contribution in [0.4, 0.5) is 0 Å². The molecular weight excluding hydrogens is 182 g/mol. The maximum Gasteiger partial charge on any atom is 0.00923 e. The van der Waals surface area contributed by atoms with E-state index in [-0.39, 0.29) is 0 Å². The van der Waals surface area contributed by atoms with Crippen LogP contribution in [0.2, 0.25) is 0 Å². The van der Waals surface area contributed by atoms with Gasteiger partial charge in [0.2, 0.25) is 0 Å². The summed E-state index contributed by atoms with van der Waals surface area (Å²) >= 11 is 0. The Bertz CT molecular complexity index is 117. The molecule has 0 amide bonds. The van der Waals surface area contributed by atoms with Gasteiger partial charge in [0, 0.05) is 6.04 Å². The fourth-order valence-electron chi connectivity index (χ4n) is 2.52. The molecule has 0 aromatic heterocycles. The molecule has 15 heavy (non-hydrogen) atoms. The van der Waals surface area contributed by atoms with E-state index in [0.717, 1.165) is 12.0 Å². The Balaban J connectivity index is 3.93. The molecule has 0 saturated carbocycles. The van der Waals surface area contributed by atoms with Crippen molar-refractivity contribution in [1.82, 2.24) is 5.32 Å². The first-order valence-corrected chi connectivity index (χ1v) is 6.97. The molecule has 1 unspecified atom stereocenters. The first-order valence-electron chi connectivity index (χ1n) is 6.97. The van der Waals surface area contributed by atoms with Crippen molar-refractivity contribution < 1.29 is 0 Å². The van der Waals surface area contributed by atoms with E-state index in [0.29, 0.717) is 0 Å². The third-order valence-electron chi connectivity index (χ3n) is 3.38. The molecule has 0 saturated heterocycles. The molecule has 0 aliphatic heterocycles. The highest BCUT2D eigenvalue weighted by molar-refractivity contribution is 4.74. The van der Waals surface area contributed by atoms with E-state index in [9.17, 15) is 0 Å². The Hall–Kier alpha value is -0.0400. The molecule has 0 heterocycles. The number of nitrogens with one attached hydrogen (secondary N) is 1. The van der Waals surface area contributed by atoms with Gasteiger partial charge in [-0.3, -0.25) is 0 Å². The Morgan fingerprint density at radius 2 is 1.40 bits per heavy atom. The van der Waals surface area contributed by atoms with Gasteiger partial charge < -0.3 is 5.32 Å². The van der Waals surface area contributed by atoms with Crippen LogP contribution in [0.25, 0.3) is 0 Å². The van der Waals surface area contributed by atoms with Gasteiger partial charge in [0.25, 0.3) is 0 Å². The summed E-state index contributed by atoms with van der Waals surface area (Å²) in [6, 6.07) is 0.761. The number of hydrogen-bond donors (Lipinski definition) is 1. The lowest BCUT2D eigenvalue weighted by Crippen LogP contribution is -2.33. The lowest BCUT2D eigenvalue weighted by molar-refractivity contribution is 0.303. The summed E-state index contributed by atoms with van der Waals surface area (Å²) in [7, 11) is 2.13. The monoisotopic (exact) mass is 213 g/mol. The van der Waals surface area contributed by atoms with Crippen LogP contribution in [-0.2, 0) is 0 Å². The standard InChI is InChI=1S/C14H31N/c1-5-8-9-12-14(15-4)13(10-6-2)11-7-3/h13-15H,5-12H2,1-4H3. The second-order valence-electron chi connectivity index (χ2n) is 4.73. The molecule has 1 heteroatoms. The first kappa shape index (κ1) is 15.0. The highest BCUT2D eigenvalue weighted by Gasteiger charge is 2.17. The van der Waals surface area contributed by atoms with Crippen LogP contribution in [0.5, 0.6) is 0 Å². The van der Waals surface area contributed by atoms with Crippen LogP contribution in [0.15, 0.2) is 0 Å². The maximum atomic E-state index is 3.53. The van der Waals surface area contributed by atoms with Crippen LogP contribution in [-0.4, -0.2) is 13.1 Å². The van der Waals surface area contributed by atoms with E-state index in [2.05, 4.69) is 33.1 Å². The molecule has 92 valence electrons. The van der Waals surface area contributed by atoms with E-state index < -0.39 is 0 Å². The van der Waals surface area contributed by atoms with E-state index >= 15 is 0 Å². The molecule has 0 aromatic rings. The Morgan fingerprint density at radius 3 is 1.80 bits per heavy atom. The average molecular weight is 213 g/mol. The molecule has 0 rings (SSSR count). The third-order valence-corrected chi connectivity index (χ3v) is 3.38. The number of hydrogen-bond acceptors (Lipinski definition) is 1. The average Bonchev–Trinajstić information content (AvgIpc) is 2.24. The van der Waals surface area contributed by atoms with Gasteiger partial charge in [0.05, 0.1) is 0 Å². The van der Waals surface area contributed by atoms with Crippen molar-refractivity contribution in [1.29, 1.82) is 0 Å². The van der Waals surface area contributed by atoms with Gasteiger partial charge in [-0.05, 0) is 32.2 Å². The van der Waals surface area contributed by atoms with E-state index in [4.69, 9.17) is 0 Å². The van der Waals surface area contributed by atoms with E-state index in [1.807, 2.05) is 0 Å². The fourth-order valence-corrected chi connectivity index (χ4v) is 2.52. The van der Waals surface area contributed by atoms with Gasteiger partial charge in [-0.15, -0.1) is 0 Å². The molecule has 1 atom stereocenters. The predicted octanol–water partition coefficient (Wildman–Crippen LogP) is 4.37. The summed E-state index contributed by atoms with van der Waals surface area (Å²) in [6.45, 7) is 6.90. The van der Waals surface area contributed by atoms with Crippen molar-refractivity contribution >= 4 is 0 Å². The summed E-state index contributed by atoms with van der Waals surface area (Å²) in [6.07, 6.45) is 10.9. The fraction of sp³-hybridized carbons (Fsp3) is 1.00. The van der Waals surface area contributed by atoms with Crippen LogP contribution in [0, 0.1) is 5.92 Å². The van der Waals surface area contributed by atoms with Crippen molar-refractivity contribution in [2.75, 3.05) is 7.05 Å². The van der Waals surface area contributed by atoms with Crippen LogP contribution < -0.4 is 5.32 Å². The maximum absolute atomic E-state index is 3.53. The predicted molar refractivity (Wildman–Crippen MR) is 70.3 cm³/mol. The number of unbranched alkanes of at least 4 members (excludes halogenated alkanes) is 2. The molecule has 0 fully saturated rings. The van der Waals surface area contributed by atoms with Crippen molar-refractivity contribution in [3.8, 4) is 0 Å². The summed E-state index contributed by atoms with van der Waals surface area (Å²) in [5.41, 5.74) is 0. The van der Waals surface area contributed by atoms with Gasteiger partial charge in [-0.25, -0.2) is 0 Å². The minimum Gasteiger partial charge on any atom is -0.317 e. The zero-order valence-electron chi connectivity index (χ0n) is 11.3. The second-order valence-corrected chi connectivity index (χ2v) is 4.73. The Labute approximate surface area is 97.0 Å². The lowest BCUT2D eigenvalue weighted by Gasteiger charge is -2.26. The SMILES string of the molecule is CCCCCC(NC)C(CCC)CCC. The molecule has 0 bridgehead atoms. The van der Waals surface area contributed by atoms with Gasteiger partial charge in [0.1, 0.15) is 0 Å². The van der Waals surface area contributed by atoms with Gasteiger partial charge in [-0.1, -0.05) is 52.9 Å². The van der Waals surface area contributed by atoms with Crippen LogP contribution >= 0.6 is 0 Å². The molecule has 0 radical (unpaired) electrons. The largest absolute Gasteiger partial charge is 0.317 e. The zero-order chi connectivity index (χ0) is 11.5. The summed E-state index contributed by atoms with van der Waals surface area (Å²) in [4.78, 5) is 0. The second kappa shape index (κ2) is 10.5. The molecule has 0 aliphatic rings. The van der Waals surface area contributed by atoms with Crippen LogP contribution in [0.1, 0.15) is 72.1 Å². The van der Waals surface area contributed by atoms with E-state index in [1.54, 1.807) is 0 Å².